The largest absolute Gasteiger partial charge is 0.494 e. The summed E-state index contributed by atoms with van der Waals surface area (Å²) in [6.07, 6.45) is 2.59. The molecule has 0 aliphatic heterocycles. The van der Waals surface area contributed by atoms with E-state index < -0.39 is 0 Å². The van der Waals surface area contributed by atoms with Crippen LogP contribution in [0.25, 0.3) is 21.9 Å². The molecule has 0 atom stereocenters. The molecular formula is C20H18N4O. The van der Waals surface area contributed by atoms with Crippen molar-refractivity contribution < 1.29 is 4.74 Å². The van der Waals surface area contributed by atoms with Gasteiger partial charge in [0.2, 0.25) is 0 Å². The number of aromatic nitrogens is 3. The first-order valence-electron chi connectivity index (χ1n) is 8.30. The van der Waals surface area contributed by atoms with E-state index in [-0.39, 0.29) is 0 Å². The molecule has 0 fully saturated rings. The first-order chi connectivity index (χ1) is 12.2. The highest BCUT2D eigenvalue weighted by Gasteiger charge is 2.15. The van der Waals surface area contributed by atoms with Crippen molar-refractivity contribution in [3.8, 4) is 11.8 Å². The Morgan fingerprint density at radius 3 is 2.92 bits per heavy atom. The molecule has 124 valence electrons. The molecule has 0 aliphatic rings. The topological polar surface area (TPSA) is 77.5 Å². The van der Waals surface area contributed by atoms with Gasteiger partial charge in [-0.3, -0.25) is 0 Å². The number of aromatic amines is 2. The molecule has 0 saturated heterocycles. The summed E-state index contributed by atoms with van der Waals surface area (Å²) in [6, 6.07) is 11.8. The molecule has 25 heavy (non-hydrogen) atoms. The Balaban J connectivity index is 1.82. The van der Waals surface area contributed by atoms with Gasteiger partial charge in [0, 0.05) is 29.1 Å². The monoisotopic (exact) mass is 330 g/mol. The summed E-state index contributed by atoms with van der Waals surface area (Å²) in [5.74, 6) is 1.75. The van der Waals surface area contributed by atoms with Crippen molar-refractivity contribution in [2.24, 2.45) is 0 Å². The molecule has 0 amide bonds. The SMILES string of the molecule is CCOc1cc(C)c2[nH]ccc2c1Cc1nc2cc(C#N)ccc2[nH]1. The third kappa shape index (κ3) is 2.62. The lowest BCUT2D eigenvalue weighted by molar-refractivity contribution is 0.337. The molecule has 0 bridgehead atoms. The van der Waals surface area contributed by atoms with E-state index in [2.05, 4.69) is 40.1 Å². The zero-order valence-electron chi connectivity index (χ0n) is 14.2. The third-order valence-electron chi connectivity index (χ3n) is 4.42. The van der Waals surface area contributed by atoms with Gasteiger partial charge >= 0.3 is 0 Å². The summed E-state index contributed by atoms with van der Waals surface area (Å²) >= 11 is 0. The van der Waals surface area contributed by atoms with Crippen LogP contribution in [0.4, 0.5) is 0 Å². The van der Waals surface area contributed by atoms with Crippen LogP contribution < -0.4 is 4.74 Å². The molecule has 5 heteroatoms. The van der Waals surface area contributed by atoms with Crippen LogP contribution in [0.15, 0.2) is 36.5 Å². The molecule has 4 aromatic rings. The van der Waals surface area contributed by atoms with Gasteiger partial charge in [0.05, 0.1) is 29.3 Å². The van der Waals surface area contributed by atoms with Gasteiger partial charge in [-0.25, -0.2) is 4.98 Å². The van der Waals surface area contributed by atoms with E-state index in [4.69, 9.17) is 10.00 Å². The third-order valence-corrected chi connectivity index (χ3v) is 4.42. The van der Waals surface area contributed by atoms with Crippen LogP contribution in [-0.2, 0) is 6.42 Å². The van der Waals surface area contributed by atoms with E-state index in [1.165, 1.54) is 0 Å². The Kier molecular flexibility index (Phi) is 3.66. The second-order valence-corrected chi connectivity index (χ2v) is 6.07. The van der Waals surface area contributed by atoms with Crippen molar-refractivity contribution in [2.75, 3.05) is 6.61 Å². The van der Waals surface area contributed by atoms with E-state index in [9.17, 15) is 0 Å². The van der Waals surface area contributed by atoms with Crippen LogP contribution >= 0.6 is 0 Å². The number of benzene rings is 2. The Hall–Kier alpha value is -3.26. The Bertz CT molecular complexity index is 1110. The van der Waals surface area contributed by atoms with Gasteiger partial charge < -0.3 is 14.7 Å². The molecule has 0 unspecified atom stereocenters. The lowest BCUT2D eigenvalue weighted by Gasteiger charge is -2.12. The van der Waals surface area contributed by atoms with Crippen molar-refractivity contribution in [2.45, 2.75) is 20.3 Å². The lowest BCUT2D eigenvalue weighted by Crippen LogP contribution is -2.00. The summed E-state index contributed by atoms with van der Waals surface area (Å²) < 4.78 is 5.88. The number of nitriles is 1. The summed E-state index contributed by atoms with van der Waals surface area (Å²) in [7, 11) is 0. The predicted molar refractivity (Wildman–Crippen MR) is 97.8 cm³/mol. The number of hydrogen-bond donors (Lipinski definition) is 2. The molecule has 0 radical (unpaired) electrons. The number of nitrogens with zero attached hydrogens (tertiary/aromatic N) is 2. The molecule has 2 aromatic carbocycles. The number of hydrogen-bond acceptors (Lipinski definition) is 3. The maximum absolute atomic E-state index is 9.05. The molecule has 4 rings (SSSR count). The van der Waals surface area contributed by atoms with E-state index in [1.54, 1.807) is 12.1 Å². The first kappa shape index (κ1) is 15.3. The maximum atomic E-state index is 9.05. The van der Waals surface area contributed by atoms with Crippen LogP contribution in [0, 0.1) is 18.3 Å². The minimum atomic E-state index is 0.615. The van der Waals surface area contributed by atoms with Gasteiger partial charge in [0.25, 0.3) is 0 Å². The number of rotatable bonds is 4. The molecule has 2 N–H and O–H groups in total. The van der Waals surface area contributed by atoms with Crippen molar-refractivity contribution in [3.05, 3.63) is 59.0 Å². The fourth-order valence-corrected chi connectivity index (χ4v) is 3.28. The van der Waals surface area contributed by atoms with E-state index >= 15 is 0 Å². The van der Waals surface area contributed by atoms with Crippen LogP contribution in [0.5, 0.6) is 5.75 Å². The minimum absolute atomic E-state index is 0.615. The van der Waals surface area contributed by atoms with Gasteiger partial charge in [-0.1, -0.05) is 0 Å². The lowest BCUT2D eigenvalue weighted by atomic mass is 10.0. The van der Waals surface area contributed by atoms with Gasteiger partial charge in [-0.2, -0.15) is 5.26 Å². The standard InChI is InChI=1S/C20H18N4O/c1-3-25-18-8-12(2)20-14(6-7-22-20)15(18)10-19-23-16-5-4-13(11-21)9-17(16)24-19/h4-9,22H,3,10H2,1-2H3,(H,23,24). The van der Waals surface area contributed by atoms with Crippen molar-refractivity contribution >= 4 is 21.9 Å². The minimum Gasteiger partial charge on any atom is -0.494 e. The molecule has 0 aliphatic carbocycles. The summed E-state index contributed by atoms with van der Waals surface area (Å²) in [5.41, 5.74) is 5.76. The second kappa shape index (κ2) is 5.99. The highest BCUT2D eigenvalue weighted by molar-refractivity contribution is 5.88. The summed E-state index contributed by atoms with van der Waals surface area (Å²) in [5, 5.41) is 10.2. The Morgan fingerprint density at radius 1 is 1.24 bits per heavy atom. The number of ether oxygens (including phenoxy) is 1. The molecule has 0 saturated carbocycles. The number of aryl methyl sites for hydroxylation is 1. The normalized spacial score (nSPS) is 11.1. The van der Waals surface area contributed by atoms with Crippen LogP contribution in [0.1, 0.15) is 29.4 Å². The zero-order valence-corrected chi connectivity index (χ0v) is 14.2. The van der Waals surface area contributed by atoms with Crippen LogP contribution in [0.3, 0.4) is 0 Å². The molecular weight excluding hydrogens is 312 g/mol. The number of imidazole rings is 1. The van der Waals surface area contributed by atoms with Gasteiger partial charge in [0.1, 0.15) is 11.6 Å². The van der Waals surface area contributed by atoms with Crippen molar-refractivity contribution in [1.82, 2.24) is 15.0 Å². The predicted octanol–water partition coefficient (Wildman–Crippen LogP) is 4.21. The Morgan fingerprint density at radius 2 is 2.12 bits per heavy atom. The zero-order chi connectivity index (χ0) is 17.4. The van der Waals surface area contributed by atoms with Crippen LogP contribution in [-0.4, -0.2) is 21.6 Å². The number of H-pyrrole nitrogens is 2. The molecule has 2 heterocycles. The second-order valence-electron chi connectivity index (χ2n) is 6.07. The average Bonchev–Trinajstić information content (AvgIpc) is 3.24. The maximum Gasteiger partial charge on any atom is 0.123 e. The summed E-state index contributed by atoms with van der Waals surface area (Å²) in [4.78, 5) is 11.3. The van der Waals surface area contributed by atoms with E-state index in [0.29, 0.717) is 18.6 Å². The molecule has 2 aromatic heterocycles. The highest BCUT2D eigenvalue weighted by Crippen LogP contribution is 2.32. The quantitative estimate of drug-likeness (QED) is 0.588. The highest BCUT2D eigenvalue weighted by atomic mass is 16.5. The van der Waals surface area contributed by atoms with E-state index in [0.717, 1.165) is 44.6 Å². The van der Waals surface area contributed by atoms with Crippen molar-refractivity contribution in [1.29, 1.82) is 5.26 Å². The van der Waals surface area contributed by atoms with Crippen molar-refractivity contribution in [3.63, 3.8) is 0 Å². The summed E-state index contributed by atoms with van der Waals surface area (Å²) in [6.45, 7) is 4.69. The number of fused-ring (bicyclic) bond motifs is 2. The van der Waals surface area contributed by atoms with Gasteiger partial charge in [0.15, 0.2) is 0 Å². The van der Waals surface area contributed by atoms with Crippen LogP contribution in [0.2, 0.25) is 0 Å². The molecule has 5 nitrogen and oxygen atoms in total. The van der Waals surface area contributed by atoms with Gasteiger partial charge in [-0.15, -0.1) is 0 Å². The molecule has 0 spiro atoms. The number of nitrogens with one attached hydrogen (secondary N) is 2. The Labute approximate surface area is 145 Å². The fourth-order valence-electron chi connectivity index (χ4n) is 3.28. The first-order valence-corrected chi connectivity index (χ1v) is 8.30. The average molecular weight is 330 g/mol. The fraction of sp³-hybridized carbons (Fsp3) is 0.200. The smallest absolute Gasteiger partial charge is 0.123 e. The van der Waals surface area contributed by atoms with Gasteiger partial charge in [-0.05, 0) is 49.7 Å². The van der Waals surface area contributed by atoms with E-state index in [1.807, 2.05) is 19.2 Å².